The maximum Gasteiger partial charge on any atom is 0.240 e. The number of primary amides is 1. The molecule has 5 heteroatoms. The molecular weight excluding hydrogens is 220 g/mol. The Bertz CT molecular complexity index is 316. The van der Waals surface area contributed by atoms with Crippen molar-refractivity contribution in [3.8, 4) is 0 Å². The molecule has 0 bridgehead atoms. The number of hydrogen-bond donors (Lipinski definition) is 2. The van der Waals surface area contributed by atoms with Crippen LogP contribution in [0.25, 0.3) is 0 Å². The van der Waals surface area contributed by atoms with Crippen molar-refractivity contribution in [3.05, 3.63) is 11.6 Å². The first-order valence-electron chi connectivity index (χ1n) is 5.81. The zero-order chi connectivity index (χ0) is 12.8. The second-order valence-electron chi connectivity index (χ2n) is 4.54. The summed E-state index contributed by atoms with van der Waals surface area (Å²) < 4.78 is 5.13. The van der Waals surface area contributed by atoms with E-state index in [0.29, 0.717) is 26.1 Å². The number of nitrogens with one attached hydrogen (secondary N) is 1. The van der Waals surface area contributed by atoms with Gasteiger partial charge in [-0.15, -0.1) is 0 Å². The van der Waals surface area contributed by atoms with Crippen molar-refractivity contribution in [2.75, 3.05) is 13.2 Å². The van der Waals surface area contributed by atoms with Gasteiger partial charge in [0.15, 0.2) is 0 Å². The van der Waals surface area contributed by atoms with Gasteiger partial charge in [-0.05, 0) is 26.7 Å². The maximum atomic E-state index is 11.8. The van der Waals surface area contributed by atoms with Gasteiger partial charge in [-0.25, -0.2) is 0 Å². The summed E-state index contributed by atoms with van der Waals surface area (Å²) in [6, 6.07) is -0.627. The summed E-state index contributed by atoms with van der Waals surface area (Å²) in [5.41, 5.74) is 6.35. The summed E-state index contributed by atoms with van der Waals surface area (Å²) in [7, 11) is 0. The van der Waals surface area contributed by atoms with Crippen LogP contribution >= 0.6 is 0 Å². The molecule has 1 aliphatic rings. The third kappa shape index (κ3) is 4.56. The van der Waals surface area contributed by atoms with Crippen molar-refractivity contribution >= 4 is 11.8 Å². The van der Waals surface area contributed by atoms with Crippen molar-refractivity contribution in [2.45, 2.75) is 32.7 Å². The van der Waals surface area contributed by atoms with Crippen molar-refractivity contribution in [2.24, 2.45) is 11.7 Å². The van der Waals surface area contributed by atoms with Gasteiger partial charge < -0.3 is 15.8 Å². The molecule has 96 valence electrons. The van der Waals surface area contributed by atoms with Crippen molar-refractivity contribution < 1.29 is 14.3 Å². The molecule has 0 aromatic rings. The minimum atomic E-state index is -0.627. The summed E-state index contributed by atoms with van der Waals surface area (Å²) >= 11 is 0. The van der Waals surface area contributed by atoms with Crippen LogP contribution in [0.3, 0.4) is 0 Å². The number of ether oxygens (including phenoxy) is 1. The molecule has 5 nitrogen and oxygen atoms in total. The number of carbonyl (C=O) groups excluding carboxylic acids is 2. The van der Waals surface area contributed by atoms with E-state index in [1.807, 2.05) is 19.9 Å². The van der Waals surface area contributed by atoms with E-state index in [4.69, 9.17) is 10.5 Å². The molecule has 0 saturated carbocycles. The number of hydrogen-bond acceptors (Lipinski definition) is 3. The van der Waals surface area contributed by atoms with Crippen molar-refractivity contribution in [3.63, 3.8) is 0 Å². The average Bonchev–Trinajstić information content (AvgIpc) is 2.76. The molecule has 0 aromatic carbocycles. The van der Waals surface area contributed by atoms with Gasteiger partial charge in [0.05, 0.1) is 12.5 Å². The molecule has 2 atom stereocenters. The molecule has 0 aromatic heterocycles. The first kappa shape index (κ1) is 13.7. The molecule has 1 rings (SSSR count). The van der Waals surface area contributed by atoms with E-state index < -0.39 is 11.9 Å². The molecule has 1 saturated heterocycles. The lowest BCUT2D eigenvalue weighted by Gasteiger charge is -2.16. The number of rotatable bonds is 5. The number of amides is 2. The Hall–Kier alpha value is -1.36. The Morgan fingerprint density at radius 1 is 1.53 bits per heavy atom. The summed E-state index contributed by atoms with van der Waals surface area (Å²) in [6.07, 6.45) is 3.04. The third-order valence-electron chi connectivity index (χ3n) is 2.72. The van der Waals surface area contributed by atoms with Gasteiger partial charge in [-0.2, -0.15) is 0 Å². The highest BCUT2D eigenvalue weighted by molar-refractivity contribution is 5.87. The maximum absolute atomic E-state index is 11.8. The van der Waals surface area contributed by atoms with Crippen molar-refractivity contribution in [1.29, 1.82) is 0 Å². The van der Waals surface area contributed by atoms with E-state index in [-0.39, 0.29) is 11.8 Å². The quantitative estimate of drug-likeness (QED) is 0.680. The molecule has 3 N–H and O–H groups in total. The van der Waals surface area contributed by atoms with Crippen molar-refractivity contribution in [1.82, 2.24) is 5.32 Å². The Balaban J connectivity index is 2.51. The molecule has 1 aliphatic heterocycles. The number of allylic oxidation sites excluding steroid dienone is 1. The van der Waals surface area contributed by atoms with Gasteiger partial charge in [0, 0.05) is 6.61 Å². The lowest BCUT2D eigenvalue weighted by molar-refractivity contribution is -0.129. The topological polar surface area (TPSA) is 81.4 Å². The Morgan fingerprint density at radius 3 is 2.71 bits per heavy atom. The number of nitrogens with two attached hydrogens (primary N) is 1. The van der Waals surface area contributed by atoms with Gasteiger partial charge >= 0.3 is 0 Å². The molecule has 1 fully saturated rings. The third-order valence-corrected chi connectivity index (χ3v) is 2.72. The van der Waals surface area contributed by atoms with Crippen LogP contribution in [0.5, 0.6) is 0 Å². The van der Waals surface area contributed by atoms with Gasteiger partial charge in [0.25, 0.3) is 0 Å². The summed E-state index contributed by atoms with van der Waals surface area (Å²) in [4.78, 5) is 23.0. The predicted molar refractivity (Wildman–Crippen MR) is 64.1 cm³/mol. The van der Waals surface area contributed by atoms with Gasteiger partial charge in [-0.3, -0.25) is 9.59 Å². The normalized spacial score (nSPS) is 20.7. The van der Waals surface area contributed by atoms with Crippen LogP contribution in [0.4, 0.5) is 0 Å². The SMILES string of the molecule is CC(C)=CC[C@@H](NC(=O)[C@H]1CCOC1)C(N)=O. The average molecular weight is 240 g/mol. The zero-order valence-corrected chi connectivity index (χ0v) is 10.4. The minimum Gasteiger partial charge on any atom is -0.381 e. The van der Waals surface area contributed by atoms with Crippen LogP contribution < -0.4 is 11.1 Å². The molecule has 0 spiro atoms. The first-order chi connectivity index (χ1) is 8.00. The van der Waals surface area contributed by atoms with E-state index >= 15 is 0 Å². The van der Waals surface area contributed by atoms with Crippen LogP contribution in [0, 0.1) is 5.92 Å². The second kappa shape index (κ2) is 6.39. The van der Waals surface area contributed by atoms with E-state index in [9.17, 15) is 9.59 Å². The summed E-state index contributed by atoms with van der Waals surface area (Å²) in [6.45, 7) is 4.91. The highest BCUT2D eigenvalue weighted by Crippen LogP contribution is 2.12. The van der Waals surface area contributed by atoms with E-state index in [0.717, 1.165) is 5.57 Å². The highest BCUT2D eigenvalue weighted by Gasteiger charge is 2.26. The van der Waals surface area contributed by atoms with Crippen LogP contribution in [0.2, 0.25) is 0 Å². The molecule has 1 heterocycles. The predicted octanol–water partition coefficient (Wildman–Crippen LogP) is 0.349. The molecule has 0 radical (unpaired) electrons. The fourth-order valence-electron chi connectivity index (χ4n) is 1.63. The lowest BCUT2D eigenvalue weighted by Crippen LogP contribution is -2.46. The fourth-order valence-corrected chi connectivity index (χ4v) is 1.63. The lowest BCUT2D eigenvalue weighted by atomic mass is 10.1. The Morgan fingerprint density at radius 2 is 2.24 bits per heavy atom. The Labute approximate surface area is 101 Å². The summed E-state index contributed by atoms with van der Waals surface area (Å²) in [5, 5.41) is 2.68. The van der Waals surface area contributed by atoms with Crippen LogP contribution in [0.15, 0.2) is 11.6 Å². The fraction of sp³-hybridized carbons (Fsp3) is 0.667. The first-order valence-corrected chi connectivity index (χ1v) is 5.81. The molecule has 2 amide bonds. The zero-order valence-electron chi connectivity index (χ0n) is 10.4. The monoisotopic (exact) mass is 240 g/mol. The largest absolute Gasteiger partial charge is 0.381 e. The van der Waals surface area contributed by atoms with Crippen LogP contribution in [-0.4, -0.2) is 31.1 Å². The van der Waals surface area contributed by atoms with E-state index in [1.54, 1.807) is 0 Å². The minimum absolute atomic E-state index is 0.145. The van der Waals surface area contributed by atoms with Gasteiger partial charge in [0.1, 0.15) is 6.04 Å². The number of carbonyl (C=O) groups is 2. The molecule has 17 heavy (non-hydrogen) atoms. The van der Waals surface area contributed by atoms with E-state index in [1.165, 1.54) is 0 Å². The molecule has 0 aliphatic carbocycles. The molecule has 0 unspecified atom stereocenters. The van der Waals surface area contributed by atoms with Gasteiger partial charge in [-0.1, -0.05) is 11.6 Å². The Kier molecular flexibility index (Phi) is 5.15. The van der Waals surface area contributed by atoms with Crippen LogP contribution in [0.1, 0.15) is 26.7 Å². The second-order valence-corrected chi connectivity index (χ2v) is 4.54. The molecular formula is C12H20N2O3. The summed E-state index contributed by atoms with van der Waals surface area (Å²) in [5.74, 6) is -0.799. The van der Waals surface area contributed by atoms with Crippen LogP contribution in [-0.2, 0) is 14.3 Å². The highest BCUT2D eigenvalue weighted by atomic mass is 16.5. The van der Waals surface area contributed by atoms with E-state index in [2.05, 4.69) is 5.32 Å². The smallest absolute Gasteiger partial charge is 0.240 e. The standard InChI is InChI=1S/C12H20N2O3/c1-8(2)3-4-10(11(13)15)14-12(16)9-5-6-17-7-9/h3,9-10H,4-7H2,1-2H3,(H2,13,15)(H,14,16)/t9-,10+/m0/s1. The van der Waals surface area contributed by atoms with Gasteiger partial charge in [0.2, 0.25) is 11.8 Å².